The third-order valence-electron chi connectivity index (χ3n) is 3.70. The van der Waals surface area contributed by atoms with Crippen molar-refractivity contribution < 1.29 is 27.9 Å². The molecule has 0 radical (unpaired) electrons. The predicted molar refractivity (Wildman–Crippen MR) is 101 cm³/mol. The lowest BCUT2D eigenvalue weighted by molar-refractivity contribution is -0.129. The van der Waals surface area contributed by atoms with Crippen LogP contribution >= 0.6 is 15.9 Å². The fourth-order valence-electron chi connectivity index (χ4n) is 2.36. The van der Waals surface area contributed by atoms with Gasteiger partial charge in [0.2, 0.25) is 10.0 Å². The highest BCUT2D eigenvalue weighted by atomic mass is 79.9. The van der Waals surface area contributed by atoms with Gasteiger partial charge in [0, 0.05) is 11.0 Å². The van der Waals surface area contributed by atoms with Gasteiger partial charge >= 0.3 is 0 Å². The minimum atomic E-state index is -3.99. The molecule has 2 aromatic carbocycles. The number of rotatable bonds is 8. The Balaban J connectivity index is 2.40. The Morgan fingerprint density at radius 3 is 2.30 bits per heavy atom. The van der Waals surface area contributed by atoms with Gasteiger partial charge in [-0.3, -0.25) is 10.0 Å². The molecule has 0 aliphatic carbocycles. The Labute approximate surface area is 165 Å². The van der Waals surface area contributed by atoms with Crippen molar-refractivity contribution in [3.8, 4) is 11.5 Å². The molecule has 0 aliphatic heterocycles. The van der Waals surface area contributed by atoms with Crippen LogP contribution in [0, 0.1) is 0 Å². The quantitative estimate of drug-likeness (QED) is 0.463. The second-order valence-electron chi connectivity index (χ2n) is 5.45. The third-order valence-corrected chi connectivity index (χ3v) is 6.04. The Morgan fingerprint density at radius 2 is 1.74 bits per heavy atom. The van der Waals surface area contributed by atoms with Gasteiger partial charge in [-0.15, -0.1) is 0 Å². The van der Waals surface area contributed by atoms with Gasteiger partial charge in [-0.2, -0.15) is 4.31 Å². The lowest BCUT2D eigenvalue weighted by Crippen LogP contribution is -2.39. The summed E-state index contributed by atoms with van der Waals surface area (Å²) in [6.45, 7) is -0.657. The van der Waals surface area contributed by atoms with Crippen molar-refractivity contribution in [3.63, 3.8) is 0 Å². The summed E-state index contributed by atoms with van der Waals surface area (Å²) in [7, 11) is -1.03. The molecule has 0 spiro atoms. The summed E-state index contributed by atoms with van der Waals surface area (Å²) in [5.41, 5.74) is 2.04. The monoisotopic (exact) mass is 458 g/mol. The second-order valence-corrected chi connectivity index (χ2v) is 8.30. The number of nitrogens with one attached hydrogen (secondary N) is 1. The summed E-state index contributed by atoms with van der Waals surface area (Å²) < 4.78 is 38.0. The van der Waals surface area contributed by atoms with Gasteiger partial charge < -0.3 is 9.47 Å². The Bertz CT molecular complexity index is 902. The van der Waals surface area contributed by atoms with Crippen LogP contribution in [-0.2, 0) is 21.4 Å². The molecule has 2 N–H and O–H groups in total. The van der Waals surface area contributed by atoms with E-state index in [1.165, 1.54) is 31.8 Å². The molecule has 2 rings (SSSR count). The molecule has 0 aromatic heterocycles. The van der Waals surface area contributed by atoms with E-state index in [1.807, 2.05) is 0 Å². The number of ether oxygens (including phenoxy) is 2. The fraction of sp³-hybridized carbons (Fsp3) is 0.235. The molecule has 10 heteroatoms. The molecule has 0 saturated heterocycles. The van der Waals surface area contributed by atoms with Crippen LogP contribution in [0.2, 0.25) is 0 Å². The maximum atomic E-state index is 13.0. The Hall–Kier alpha value is -2.14. The molecule has 2 aromatic rings. The molecule has 27 heavy (non-hydrogen) atoms. The zero-order valence-electron chi connectivity index (χ0n) is 14.7. The lowest BCUT2D eigenvalue weighted by Gasteiger charge is -2.22. The molecule has 0 atom stereocenters. The molecule has 1 amide bonds. The van der Waals surface area contributed by atoms with E-state index in [-0.39, 0.29) is 11.4 Å². The van der Waals surface area contributed by atoms with E-state index < -0.39 is 22.5 Å². The van der Waals surface area contributed by atoms with Crippen LogP contribution in [0.15, 0.2) is 51.8 Å². The zero-order valence-corrected chi connectivity index (χ0v) is 17.1. The van der Waals surface area contributed by atoms with Crippen LogP contribution in [0.5, 0.6) is 11.5 Å². The maximum Gasteiger partial charge on any atom is 0.258 e. The maximum absolute atomic E-state index is 13.0. The van der Waals surface area contributed by atoms with E-state index in [4.69, 9.17) is 14.7 Å². The molecule has 0 saturated carbocycles. The Kier molecular flexibility index (Phi) is 7.19. The molecule has 0 fully saturated rings. The van der Waals surface area contributed by atoms with Crippen LogP contribution in [0.4, 0.5) is 0 Å². The number of hydrogen-bond acceptors (Lipinski definition) is 6. The average Bonchev–Trinajstić information content (AvgIpc) is 2.67. The molecule has 0 heterocycles. The summed E-state index contributed by atoms with van der Waals surface area (Å²) in [6, 6.07) is 11.0. The highest BCUT2D eigenvalue weighted by molar-refractivity contribution is 9.10. The van der Waals surface area contributed by atoms with Crippen LogP contribution < -0.4 is 15.0 Å². The van der Waals surface area contributed by atoms with Crippen LogP contribution in [0.25, 0.3) is 0 Å². The van der Waals surface area contributed by atoms with Gasteiger partial charge in [0.1, 0.15) is 0 Å². The summed E-state index contributed by atoms with van der Waals surface area (Å²) in [5.74, 6) is 0.0791. The minimum absolute atomic E-state index is 0.0249. The van der Waals surface area contributed by atoms with E-state index >= 15 is 0 Å². The van der Waals surface area contributed by atoms with E-state index in [2.05, 4.69) is 15.9 Å². The predicted octanol–water partition coefficient (Wildman–Crippen LogP) is 2.16. The molecule has 0 unspecified atom stereocenters. The fourth-order valence-corrected chi connectivity index (χ4v) is 4.01. The van der Waals surface area contributed by atoms with Crippen LogP contribution in [0.1, 0.15) is 5.56 Å². The summed E-state index contributed by atoms with van der Waals surface area (Å²) in [5, 5.41) is 8.81. The molecule has 8 nitrogen and oxygen atoms in total. The number of benzene rings is 2. The SMILES string of the molecule is COc1ccc(CN(CC(=O)NO)S(=O)(=O)c2ccc(Br)cc2)cc1OC. The standard InChI is InChI=1S/C17H19BrN2O6S/c1-25-15-8-3-12(9-16(15)26-2)10-20(11-17(21)19-22)27(23,24)14-6-4-13(18)5-7-14/h3-9,22H,10-11H2,1-2H3,(H,19,21). The number of halogens is 1. The van der Waals surface area contributed by atoms with E-state index in [0.29, 0.717) is 17.1 Å². The minimum Gasteiger partial charge on any atom is -0.493 e. The molecule has 0 bridgehead atoms. The first-order valence-corrected chi connectivity index (χ1v) is 9.94. The van der Waals surface area contributed by atoms with Crippen molar-refractivity contribution in [3.05, 3.63) is 52.5 Å². The van der Waals surface area contributed by atoms with Gasteiger partial charge in [0.05, 0.1) is 25.7 Å². The smallest absolute Gasteiger partial charge is 0.258 e. The third kappa shape index (κ3) is 5.19. The largest absolute Gasteiger partial charge is 0.493 e. The molecular formula is C17H19BrN2O6S. The summed E-state index contributed by atoms with van der Waals surface area (Å²) in [6.07, 6.45) is 0. The van der Waals surface area contributed by atoms with Crippen molar-refractivity contribution in [1.29, 1.82) is 0 Å². The van der Waals surface area contributed by atoms with Gasteiger partial charge in [-0.05, 0) is 42.0 Å². The number of hydroxylamine groups is 1. The van der Waals surface area contributed by atoms with Crippen molar-refractivity contribution >= 4 is 31.9 Å². The molecular weight excluding hydrogens is 440 g/mol. The first-order valence-electron chi connectivity index (χ1n) is 7.71. The second kappa shape index (κ2) is 9.18. The highest BCUT2D eigenvalue weighted by Gasteiger charge is 2.27. The zero-order chi connectivity index (χ0) is 20.0. The molecule has 0 aliphatic rings. The van der Waals surface area contributed by atoms with Crippen molar-refractivity contribution in [2.75, 3.05) is 20.8 Å². The van der Waals surface area contributed by atoms with Gasteiger partial charge in [0.25, 0.3) is 5.91 Å². The number of amides is 1. The summed E-state index contributed by atoms with van der Waals surface area (Å²) >= 11 is 3.25. The first-order chi connectivity index (χ1) is 12.8. The van der Waals surface area contributed by atoms with Gasteiger partial charge in [-0.25, -0.2) is 13.9 Å². The normalized spacial score (nSPS) is 11.3. The van der Waals surface area contributed by atoms with E-state index in [1.54, 1.807) is 30.3 Å². The number of carbonyl (C=O) groups is 1. The van der Waals surface area contributed by atoms with E-state index in [9.17, 15) is 13.2 Å². The van der Waals surface area contributed by atoms with Gasteiger partial charge in [-0.1, -0.05) is 22.0 Å². The number of nitrogens with zero attached hydrogens (tertiary/aromatic N) is 1. The van der Waals surface area contributed by atoms with Crippen LogP contribution in [-0.4, -0.2) is 44.6 Å². The number of methoxy groups -OCH3 is 2. The van der Waals surface area contributed by atoms with Crippen molar-refractivity contribution in [2.24, 2.45) is 0 Å². The number of carbonyl (C=O) groups excluding carboxylic acids is 1. The van der Waals surface area contributed by atoms with Crippen molar-refractivity contribution in [1.82, 2.24) is 9.79 Å². The number of hydrogen-bond donors (Lipinski definition) is 2. The highest BCUT2D eigenvalue weighted by Crippen LogP contribution is 2.29. The topological polar surface area (TPSA) is 105 Å². The molecule has 146 valence electrons. The van der Waals surface area contributed by atoms with Crippen LogP contribution in [0.3, 0.4) is 0 Å². The van der Waals surface area contributed by atoms with E-state index in [0.717, 1.165) is 8.78 Å². The van der Waals surface area contributed by atoms with Gasteiger partial charge in [0.15, 0.2) is 11.5 Å². The number of sulfonamides is 1. The Morgan fingerprint density at radius 1 is 1.11 bits per heavy atom. The van der Waals surface area contributed by atoms with Crippen molar-refractivity contribution in [2.45, 2.75) is 11.4 Å². The first kappa shape index (κ1) is 21.2. The summed E-state index contributed by atoms with van der Waals surface area (Å²) in [4.78, 5) is 11.7. The average molecular weight is 459 g/mol. The lowest BCUT2D eigenvalue weighted by atomic mass is 10.2.